The normalized spacial score (nSPS) is 18.9. The number of fused-ring (bicyclic) bond motifs is 1. The van der Waals surface area contributed by atoms with Gasteiger partial charge in [0, 0.05) is 12.1 Å². The van der Waals surface area contributed by atoms with Crippen molar-refractivity contribution in [1.29, 1.82) is 0 Å². The number of anilines is 1. The van der Waals surface area contributed by atoms with Crippen LogP contribution in [0.2, 0.25) is 16.6 Å². The molecule has 2 atom stereocenters. The highest BCUT2D eigenvalue weighted by atomic mass is 28.4. The van der Waals surface area contributed by atoms with Crippen LogP contribution in [0.25, 0.3) is 0 Å². The molecular formula is C31H43NO6Si. The lowest BCUT2D eigenvalue weighted by atomic mass is 9.94. The molecule has 7 nitrogen and oxygen atoms in total. The van der Waals surface area contributed by atoms with Gasteiger partial charge in [-0.1, -0.05) is 47.6 Å². The van der Waals surface area contributed by atoms with Crippen molar-refractivity contribution in [2.24, 2.45) is 0 Å². The van der Waals surface area contributed by atoms with Gasteiger partial charge in [-0.25, -0.2) is 4.79 Å². The van der Waals surface area contributed by atoms with Crippen molar-refractivity contribution in [3.63, 3.8) is 0 Å². The van der Waals surface area contributed by atoms with E-state index in [0.29, 0.717) is 35.4 Å². The monoisotopic (exact) mass is 553 g/mol. The number of hydrogen-bond donors (Lipinski definition) is 0. The molecular weight excluding hydrogens is 510 g/mol. The van der Waals surface area contributed by atoms with E-state index in [2.05, 4.69) is 52.5 Å². The Labute approximate surface area is 234 Å². The van der Waals surface area contributed by atoms with Gasteiger partial charge in [-0.2, -0.15) is 0 Å². The second-order valence-electron chi connectivity index (χ2n) is 11.2. The summed E-state index contributed by atoms with van der Waals surface area (Å²) in [4.78, 5) is 15.7. The molecule has 0 radical (unpaired) electrons. The molecule has 2 aliphatic rings. The van der Waals surface area contributed by atoms with Gasteiger partial charge in [0.25, 0.3) is 8.32 Å². The lowest BCUT2D eigenvalue weighted by molar-refractivity contribution is -0.145. The van der Waals surface area contributed by atoms with Crippen molar-refractivity contribution in [2.45, 2.75) is 83.6 Å². The second kappa shape index (κ2) is 11.9. The first-order valence-electron chi connectivity index (χ1n) is 14.0. The zero-order chi connectivity index (χ0) is 28.3. The maximum atomic E-state index is 13.6. The summed E-state index contributed by atoms with van der Waals surface area (Å²) in [6.07, 6.45) is 2.62. The fraction of sp³-hybridized carbons (Fsp3) is 0.516. The molecule has 0 fully saturated rings. The molecule has 39 heavy (non-hydrogen) atoms. The van der Waals surface area contributed by atoms with Gasteiger partial charge in [0.2, 0.25) is 6.79 Å². The molecule has 0 aliphatic carbocycles. The fourth-order valence-electron chi connectivity index (χ4n) is 6.35. The summed E-state index contributed by atoms with van der Waals surface area (Å²) in [6, 6.07) is 12.9. The van der Waals surface area contributed by atoms with Gasteiger partial charge < -0.3 is 28.3 Å². The standard InChI is InChI=1S/C31H43NO6Si/c1-9-35-31(33)28-18-26(38-39(20(2)3,21(4)5)22(6)7)17-27(23-10-15-29-30(16-23)37-19-36-29)32(28)24-11-13-25(34-8)14-12-24/h10-17,20-22,27-28H,9,18-19H2,1-8H3/t27-,28-/m0/s1. The predicted molar refractivity (Wildman–Crippen MR) is 156 cm³/mol. The van der Waals surface area contributed by atoms with Crippen molar-refractivity contribution in [2.75, 3.05) is 25.4 Å². The number of hydrogen-bond acceptors (Lipinski definition) is 7. The zero-order valence-electron chi connectivity index (χ0n) is 24.5. The first-order chi connectivity index (χ1) is 18.6. The minimum Gasteiger partial charge on any atom is -0.546 e. The number of carbonyl (C=O) groups excluding carboxylic acids is 1. The molecule has 2 aromatic rings. The molecule has 4 rings (SSSR count). The smallest absolute Gasteiger partial charge is 0.329 e. The van der Waals surface area contributed by atoms with Crippen LogP contribution in [0.1, 0.15) is 66.5 Å². The van der Waals surface area contributed by atoms with E-state index in [1.807, 2.05) is 49.4 Å². The molecule has 8 heteroatoms. The van der Waals surface area contributed by atoms with Gasteiger partial charge >= 0.3 is 5.97 Å². The number of ether oxygens (including phenoxy) is 4. The summed E-state index contributed by atoms with van der Waals surface area (Å²) < 4.78 is 29.5. The average molecular weight is 554 g/mol. The molecule has 212 valence electrons. The SMILES string of the molecule is CCOC(=O)[C@@H]1CC(O[Si](C(C)C)(C(C)C)C(C)C)=C[C@@H](c2ccc3c(c2)OCO3)N1c1ccc(OC)cc1. The zero-order valence-corrected chi connectivity index (χ0v) is 25.5. The summed E-state index contributed by atoms with van der Waals surface area (Å²) in [5.41, 5.74) is 3.09. The van der Waals surface area contributed by atoms with Crippen LogP contribution >= 0.6 is 0 Å². The summed E-state index contributed by atoms with van der Waals surface area (Å²) in [7, 11) is -0.613. The second-order valence-corrected chi connectivity index (χ2v) is 16.6. The number of carbonyl (C=O) groups is 1. The van der Waals surface area contributed by atoms with E-state index in [0.717, 1.165) is 28.5 Å². The minimum absolute atomic E-state index is 0.201. The highest BCUT2D eigenvalue weighted by Gasteiger charge is 2.49. The van der Waals surface area contributed by atoms with E-state index in [9.17, 15) is 4.79 Å². The van der Waals surface area contributed by atoms with Gasteiger partial charge in [0.05, 0.1) is 25.5 Å². The van der Waals surface area contributed by atoms with Crippen molar-refractivity contribution >= 4 is 20.0 Å². The Hall–Kier alpha value is -3.13. The number of rotatable bonds is 10. The van der Waals surface area contributed by atoms with E-state index in [-0.39, 0.29) is 18.8 Å². The van der Waals surface area contributed by atoms with Crippen molar-refractivity contribution in [3.05, 3.63) is 59.9 Å². The van der Waals surface area contributed by atoms with Gasteiger partial charge in [-0.05, 0) is 71.6 Å². The lowest BCUT2D eigenvalue weighted by Crippen LogP contribution is -2.51. The molecule has 0 spiro atoms. The van der Waals surface area contributed by atoms with E-state index in [1.165, 1.54) is 0 Å². The molecule has 0 amide bonds. The van der Waals surface area contributed by atoms with Gasteiger partial charge in [-0.3, -0.25) is 0 Å². The first-order valence-corrected chi connectivity index (χ1v) is 16.1. The molecule has 2 aromatic carbocycles. The topological polar surface area (TPSA) is 66.5 Å². The van der Waals surface area contributed by atoms with Crippen LogP contribution in [0.15, 0.2) is 54.3 Å². The van der Waals surface area contributed by atoms with Crippen molar-refractivity contribution in [3.8, 4) is 17.2 Å². The first kappa shape index (κ1) is 28.9. The molecule has 0 aromatic heterocycles. The van der Waals surface area contributed by atoms with Crippen LogP contribution < -0.4 is 19.1 Å². The maximum Gasteiger partial charge on any atom is 0.329 e. The third-order valence-electron chi connectivity index (χ3n) is 8.06. The van der Waals surface area contributed by atoms with Gasteiger partial charge in [-0.15, -0.1) is 0 Å². The van der Waals surface area contributed by atoms with Gasteiger partial charge in [0.1, 0.15) is 11.8 Å². The Morgan fingerprint density at radius 2 is 1.62 bits per heavy atom. The average Bonchev–Trinajstić information content (AvgIpc) is 3.39. The molecule has 0 unspecified atom stereocenters. The third kappa shape index (κ3) is 5.62. The van der Waals surface area contributed by atoms with E-state index >= 15 is 0 Å². The van der Waals surface area contributed by atoms with Crippen LogP contribution in [-0.2, 0) is 14.0 Å². The predicted octanol–water partition coefficient (Wildman–Crippen LogP) is 7.38. The van der Waals surface area contributed by atoms with Crippen molar-refractivity contribution < 1.29 is 28.2 Å². The van der Waals surface area contributed by atoms with E-state index in [1.54, 1.807) is 7.11 Å². The Balaban J connectivity index is 1.87. The van der Waals surface area contributed by atoms with Crippen LogP contribution in [0, 0.1) is 0 Å². The van der Waals surface area contributed by atoms with Crippen LogP contribution in [-0.4, -0.2) is 40.8 Å². The van der Waals surface area contributed by atoms with E-state index < -0.39 is 14.4 Å². The quantitative estimate of drug-likeness (QED) is 0.225. The van der Waals surface area contributed by atoms with Gasteiger partial charge in [0.15, 0.2) is 11.5 Å². The number of esters is 1. The number of methoxy groups -OCH3 is 1. The summed E-state index contributed by atoms with van der Waals surface area (Å²) in [5, 5.41) is 0. The Bertz CT molecular complexity index is 1150. The molecule has 0 saturated heterocycles. The summed E-state index contributed by atoms with van der Waals surface area (Å²) in [5.74, 6) is 2.78. The number of benzene rings is 2. The largest absolute Gasteiger partial charge is 0.546 e. The number of nitrogens with zero attached hydrogens (tertiary/aromatic N) is 1. The Morgan fingerprint density at radius 3 is 2.21 bits per heavy atom. The van der Waals surface area contributed by atoms with Crippen LogP contribution in [0.3, 0.4) is 0 Å². The Kier molecular flexibility index (Phi) is 8.84. The maximum absolute atomic E-state index is 13.6. The summed E-state index contributed by atoms with van der Waals surface area (Å²) >= 11 is 0. The fourth-order valence-corrected chi connectivity index (χ4v) is 11.7. The highest BCUT2D eigenvalue weighted by molar-refractivity contribution is 6.77. The molecule has 2 aliphatic heterocycles. The molecule has 0 N–H and O–H groups in total. The third-order valence-corrected chi connectivity index (χ3v) is 14.1. The molecule has 0 saturated carbocycles. The Morgan fingerprint density at radius 1 is 0.974 bits per heavy atom. The minimum atomic E-state index is -2.26. The highest BCUT2D eigenvalue weighted by Crippen LogP contribution is 2.47. The van der Waals surface area contributed by atoms with Crippen LogP contribution in [0.5, 0.6) is 17.2 Å². The van der Waals surface area contributed by atoms with Crippen LogP contribution in [0.4, 0.5) is 5.69 Å². The molecule has 0 bridgehead atoms. The summed E-state index contributed by atoms with van der Waals surface area (Å²) in [6.45, 7) is 16.0. The van der Waals surface area contributed by atoms with E-state index in [4.69, 9.17) is 23.4 Å². The van der Waals surface area contributed by atoms with Crippen molar-refractivity contribution in [1.82, 2.24) is 0 Å². The lowest BCUT2D eigenvalue weighted by Gasteiger charge is -2.47. The molecule has 2 heterocycles.